The summed E-state index contributed by atoms with van der Waals surface area (Å²) in [5, 5.41) is 0. The monoisotopic (exact) mass is 315 g/mol. The van der Waals surface area contributed by atoms with Gasteiger partial charge in [-0.3, -0.25) is 0 Å². The minimum Gasteiger partial charge on any atom is -0.472 e. The molecule has 23 heavy (non-hydrogen) atoms. The van der Waals surface area contributed by atoms with Gasteiger partial charge in [0.15, 0.2) is 5.82 Å². The molecule has 0 N–H and O–H groups in total. The molecular formula is C17H25N5O. The molecule has 1 saturated heterocycles. The van der Waals surface area contributed by atoms with Gasteiger partial charge in [-0.1, -0.05) is 0 Å². The van der Waals surface area contributed by atoms with Crippen molar-refractivity contribution < 1.29 is 4.74 Å². The van der Waals surface area contributed by atoms with Crippen LogP contribution in [-0.2, 0) is 13.5 Å². The summed E-state index contributed by atoms with van der Waals surface area (Å²) < 4.78 is 7.91. The van der Waals surface area contributed by atoms with Crippen molar-refractivity contribution in [2.75, 3.05) is 18.0 Å². The van der Waals surface area contributed by atoms with Crippen LogP contribution in [0.1, 0.15) is 32.5 Å². The van der Waals surface area contributed by atoms with E-state index < -0.39 is 0 Å². The highest BCUT2D eigenvalue weighted by Gasteiger charge is 2.24. The number of nitrogens with zero attached hydrogens (tertiary/aromatic N) is 5. The second-order valence-electron chi connectivity index (χ2n) is 6.44. The topological polar surface area (TPSA) is 56.1 Å². The molecule has 3 heterocycles. The molecule has 1 fully saturated rings. The van der Waals surface area contributed by atoms with Crippen molar-refractivity contribution >= 4 is 5.82 Å². The fourth-order valence-corrected chi connectivity index (χ4v) is 3.04. The molecule has 6 heteroatoms. The van der Waals surface area contributed by atoms with E-state index in [9.17, 15) is 0 Å². The lowest BCUT2D eigenvalue weighted by atomic mass is 9.93. The molecule has 0 atom stereocenters. The van der Waals surface area contributed by atoms with Crippen molar-refractivity contribution in [3.63, 3.8) is 0 Å². The Morgan fingerprint density at radius 3 is 2.52 bits per heavy atom. The molecule has 0 amide bonds. The Bertz CT molecular complexity index is 631. The van der Waals surface area contributed by atoms with Gasteiger partial charge in [0.05, 0.1) is 6.10 Å². The van der Waals surface area contributed by atoms with Crippen LogP contribution in [0.2, 0.25) is 0 Å². The summed E-state index contributed by atoms with van der Waals surface area (Å²) in [5.41, 5.74) is 0. The fourth-order valence-electron chi connectivity index (χ4n) is 3.04. The second kappa shape index (κ2) is 6.98. The fraction of sp³-hybridized carbons (Fsp3) is 0.588. The summed E-state index contributed by atoms with van der Waals surface area (Å²) >= 11 is 0. The Labute approximate surface area is 137 Å². The highest BCUT2D eigenvalue weighted by molar-refractivity contribution is 5.48. The van der Waals surface area contributed by atoms with Crippen LogP contribution in [0, 0.1) is 5.92 Å². The van der Waals surface area contributed by atoms with Crippen LogP contribution < -0.4 is 9.64 Å². The summed E-state index contributed by atoms with van der Waals surface area (Å²) in [5.74, 6) is 3.37. The molecule has 0 saturated carbocycles. The maximum atomic E-state index is 5.80. The van der Waals surface area contributed by atoms with Gasteiger partial charge in [-0.2, -0.15) is 0 Å². The molecule has 0 spiro atoms. The van der Waals surface area contributed by atoms with Gasteiger partial charge < -0.3 is 14.2 Å². The Hall–Kier alpha value is -2.11. The Morgan fingerprint density at radius 1 is 1.13 bits per heavy atom. The number of hydrogen-bond donors (Lipinski definition) is 0. The van der Waals surface area contributed by atoms with E-state index in [0.717, 1.165) is 38.2 Å². The van der Waals surface area contributed by atoms with Gasteiger partial charge in [0.2, 0.25) is 0 Å². The maximum Gasteiger partial charge on any atom is 0.257 e. The van der Waals surface area contributed by atoms with Crippen molar-refractivity contribution in [1.29, 1.82) is 0 Å². The zero-order valence-electron chi connectivity index (χ0n) is 14.1. The first-order valence-corrected chi connectivity index (χ1v) is 8.32. The molecule has 124 valence electrons. The summed E-state index contributed by atoms with van der Waals surface area (Å²) in [6, 6.07) is 0. The van der Waals surface area contributed by atoms with Gasteiger partial charge in [-0.15, -0.1) is 0 Å². The van der Waals surface area contributed by atoms with Crippen LogP contribution in [0.3, 0.4) is 0 Å². The van der Waals surface area contributed by atoms with Gasteiger partial charge >= 0.3 is 0 Å². The molecule has 2 aromatic heterocycles. The molecule has 0 aromatic carbocycles. The lowest BCUT2D eigenvalue weighted by molar-refractivity contribution is 0.231. The standard InChI is InChI=1S/C17H25N5O/c1-13(2)23-17-16(19-6-7-20-17)22-9-4-14(5-10-22)12-15-18-8-11-21(15)3/h6-8,11,13-14H,4-5,9-10,12H2,1-3H3. The number of hydrogen-bond acceptors (Lipinski definition) is 5. The SMILES string of the molecule is CC(C)Oc1nccnc1N1CCC(Cc2nccn2C)CC1. The smallest absolute Gasteiger partial charge is 0.257 e. The molecule has 6 nitrogen and oxygen atoms in total. The van der Waals surface area contributed by atoms with Crippen LogP contribution in [0.15, 0.2) is 24.8 Å². The second-order valence-corrected chi connectivity index (χ2v) is 6.44. The Morgan fingerprint density at radius 2 is 1.87 bits per heavy atom. The zero-order valence-corrected chi connectivity index (χ0v) is 14.1. The van der Waals surface area contributed by atoms with Crippen molar-refractivity contribution in [1.82, 2.24) is 19.5 Å². The van der Waals surface area contributed by atoms with E-state index in [1.807, 2.05) is 26.2 Å². The molecule has 0 unspecified atom stereocenters. The van der Waals surface area contributed by atoms with E-state index >= 15 is 0 Å². The highest BCUT2D eigenvalue weighted by atomic mass is 16.5. The van der Waals surface area contributed by atoms with E-state index in [0.29, 0.717) is 11.8 Å². The highest BCUT2D eigenvalue weighted by Crippen LogP contribution is 2.29. The molecule has 0 bridgehead atoms. The first-order valence-electron chi connectivity index (χ1n) is 8.32. The van der Waals surface area contributed by atoms with Crippen LogP contribution in [0.25, 0.3) is 0 Å². The van der Waals surface area contributed by atoms with Crippen LogP contribution >= 0.6 is 0 Å². The third kappa shape index (κ3) is 3.81. The molecule has 2 aromatic rings. The third-order valence-electron chi connectivity index (χ3n) is 4.30. The predicted molar refractivity (Wildman–Crippen MR) is 89.6 cm³/mol. The third-order valence-corrected chi connectivity index (χ3v) is 4.30. The van der Waals surface area contributed by atoms with E-state index in [4.69, 9.17) is 4.74 Å². The number of imidazole rings is 1. The number of aromatic nitrogens is 4. The number of rotatable bonds is 5. The quantitative estimate of drug-likeness (QED) is 0.848. The summed E-state index contributed by atoms with van der Waals surface area (Å²) in [6.45, 7) is 6.00. The van der Waals surface area contributed by atoms with E-state index in [2.05, 4.69) is 31.5 Å². The molecular weight excluding hydrogens is 290 g/mol. The molecule has 1 aliphatic rings. The molecule has 0 aliphatic carbocycles. The van der Waals surface area contributed by atoms with Crippen LogP contribution in [0.5, 0.6) is 5.88 Å². The van der Waals surface area contributed by atoms with E-state index in [-0.39, 0.29) is 6.10 Å². The molecule has 3 rings (SSSR count). The zero-order chi connectivity index (χ0) is 16.2. The lowest BCUT2D eigenvalue weighted by Crippen LogP contribution is -2.35. The number of anilines is 1. The predicted octanol–water partition coefficient (Wildman–Crippen LogP) is 2.46. The van der Waals surface area contributed by atoms with Gasteiger partial charge in [0, 0.05) is 51.3 Å². The van der Waals surface area contributed by atoms with Gasteiger partial charge in [-0.25, -0.2) is 15.0 Å². The number of ether oxygens (including phenoxy) is 1. The van der Waals surface area contributed by atoms with Crippen molar-refractivity contribution in [2.45, 2.75) is 39.2 Å². The normalized spacial score (nSPS) is 16.1. The summed E-state index contributed by atoms with van der Waals surface area (Å²) in [7, 11) is 2.06. The van der Waals surface area contributed by atoms with Crippen molar-refractivity contribution in [3.8, 4) is 5.88 Å². The first-order chi connectivity index (χ1) is 11.1. The molecule has 1 aliphatic heterocycles. The minimum absolute atomic E-state index is 0.103. The van der Waals surface area contributed by atoms with Gasteiger partial charge in [-0.05, 0) is 32.6 Å². The van der Waals surface area contributed by atoms with Crippen LogP contribution in [0.4, 0.5) is 5.82 Å². The average Bonchev–Trinajstić information content (AvgIpc) is 2.93. The van der Waals surface area contributed by atoms with E-state index in [1.54, 1.807) is 12.4 Å². The average molecular weight is 315 g/mol. The Kier molecular flexibility index (Phi) is 4.79. The van der Waals surface area contributed by atoms with Crippen molar-refractivity contribution in [2.24, 2.45) is 13.0 Å². The number of piperidine rings is 1. The van der Waals surface area contributed by atoms with Gasteiger partial charge in [0.25, 0.3) is 5.88 Å². The largest absolute Gasteiger partial charge is 0.472 e. The van der Waals surface area contributed by atoms with Crippen LogP contribution in [-0.4, -0.2) is 38.7 Å². The first kappa shape index (κ1) is 15.8. The molecule has 0 radical (unpaired) electrons. The minimum atomic E-state index is 0.103. The number of aryl methyl sites for hydroxylation is 1. The summed E-state index contributed by atoms with van der Waals surface area (Å²) in [4.78, 5) is 15.6. The summed E-state index contributed by atoms with van der Waals surface area (Å²) in [6.07, 6.45) is 10.8. The maximum absolute atomic E-state index is 5.80. The Balaban J connectivity index is 1.62. The van der Waals surface area contributed by atoms with Crippen molar-refractivity contribution in [3.05, 3.63) is 30.6 Å². The lowest BCUT2D eigenvalue weighted by Gasteiger charge is -2.33. The van der Waals surface area contributed by atoms with Gasteiger partial charge in [0.1, 0.15) is 5.82 Å². The van der Waals surface area contributed by atoms with E-state index in [1.165, 1.54) is 5.82 Å².